The molecule has 0 fully saturated rings. The quantitative estimate of drug-likeness (QED) is 0.346. The fraction of sp³-hybridized carbons (Fsp3) is 0. The highest BCUT2D eigenvalue weighted by atomic mass is 15.0. The fourth-order valence-electron chi connectivity index (χ4n) is 4.37. The van der Waals surface area contributed by atoms with Gasteiger partial charge in [0.1, 0.15) is 0 Å². The summed E-state index contributed by atoms with van der Waals surface area (Å²) in [5.41, 5.74) is 7.33. The van der Waals surface area contributed by atoms with Crippen LogP contribution in [-0.2, 0) is 0 Å². The summed E-state index contributed by atoms with van der Waals surface area (Å²) in [6, 6.07) is 34.5. The van der Waals surface area contributed by atoms with E-state index in [1.807, 2.05) is 6.20 Å². The van der Waals surface area contributed by atoms with E-state index in [4.69, 9.17) is 0 Å². The van der Waals surface area contributed by atoms with Crippen molar-refractivity contribution in [3.05, 3.63) is 103 Å². The Kier molecular flexibility index (Phi) is 3.20. The molecule has 0 saturated heterocycles. The first kappa shape index (κ1) is 15.3. The third kappa shape index (κ3) is 2.09. The van der Waals surface area contributed by atoms with Crippen LogP contribution in [0.2, 0.25) is 0 Å². The topological polar surface area (TPSA) is 20.7 Å². The minimum absolute atomic E-state index is 1.18. The number of aromatic nitrogens is 2. The van der Waals surface area contributed by atoms with Crippen molar-refractivity contribution in [2.24, 2.45) is 0 Å². The molecule has 2 heteroatoms. The third-order valence-electron chi connectivity index (χ3n) is 5.56. The zero-order valence-corrected chi connectivity index (χ0v) is 15.3. The van der Waals surface area contributed by atoms with Gasteiger partial charge in [0.25, 0.3) is 0 Å². The molecule has 0 spiro atoms. The van der Waals surface area contributed by atoms with Gasteiger partial charge in [-0.25, -0.2) is 0 Å². The van der Waals surface area contributed by atoms with Crippen molar-refractivity contribution >= 4 is 32.7 Å². The first-order valence-electron chi connectivity index (χ1n) is 9.56. The first-order valence-corrected chi connectivity index (χ1v) is 9.56. The summed E-state index contributed by atoms with van der Waals surface area (Å²) in [6.45, 7) is 0. The minimum atomic E-state index is 1.18. The number of rotatable bonds is 2. The Labute approximate surface area is 162 Å². The molecule has 0 amide bonds. The van der Waals surface area contributed by atoms with E-state index in [1.54, 1.807) is 0 Å². The van der Waals surface area contributed by atoms with Crippen LogP contribution >= 0.6 is 0 Å². The van der Waals surface area contributed by atoms with Crippen LogP contribution in [0.5, 0.6) is 0 Å². The van der Waals surface area contributed by atoms with Crippen molar-refractivity contribution in [2.45, 2.75) is 0 Å². The number of fused-ring (bicyclic) bond motifs is 5. The molecule has 0 bridgehead atoms. The number of aromatic amines is 1. The Morgan fingerprint density at radius 3 is 2.21 bits per heavy atom. The van der Waals surface area contributed by atoms with E-state index in [-0.39, 0.29) is 0 Å². The number of hydrogen-bond donors (Lipinski definition) is 1. The Hall–Kier alpha value is -3.78. The van der Waals surface area contributed by atoms with Crippen molar-refractivity contribution in [2.75, 3.05) is 0 Å². The third-order valence-corrected chi connectivity index (χ3v) is 5.56. The van der Waals surface area contributed by atoms with Gasteiger partial charge in [0.15, 0.2) is 0 Å². The molecule has 0 atom stereocenters. The molecule has 0 radical (unpaired) electrons. The summed E-state index contributed by atoms with van der Waals surface area (Å²) in [5.74, 6) is 0. The Morgan fingerprint density at radius 1 is 0.679 bits per heavy atom. The highest BCUT2D eigenvalue weighted by molar-refractivity contribution is 6.24. The predicted molar refractivity (Wildman–Crippen MR) is 118 cm³/mol. The van der Waals surface area contributed by atoms with Crippen LogP contribution in [-0.4, -0.2) is 9.55 Å². The summed E-state index contributed by atoms with van der Waals surface area (Å²) in [4.78, 5) is 3.48. The molecule has 2 heterocycles. The maximum atomic E-state index is 3.48. The van der Waals surface area contributed by atoms with E-state index >= 15 is 0 Å². The van der Waals surface area contributed by atoms with Crippen LogP contribution in [0.25, 0.3) is 49.5 Å². The number of hydrogen-bond acceptors (Lipinski definition) is 0. The molecule has 6 rings (SSSR count). The molecule has 0 aliphatic rings. The second-order valence-corrected chi connectivity index (χ2v) is 7.14. The van der Waals surface area contributed by atoms with Crippen LogP contribution in [0.4, 0.5) is 0 Å². The van der Waals surface area contributed by atoms with Gasteiger partial charge in [-0.2, -0.15) is 0 Å². The number of para-hydroxylation sites is 2. The molecule has 2 nitrogen and oxygen atoms in total. The van der Waals surface area contributed by atoms with Gasteiger partial charge in [-0.1, -0.05) is 66.7 Å². The lowest BCUT2D eigenvalue weighted by Crippen LogP contribution is -1.95. The summed E-state index contributed by atoms with van der Waals surface area (Å²) >= 11 is 0. The van der Waals surface area contributed by atoms with Crippen LogP contribution < -0.4 is 0 Å². The predicted octanol–water partition coefficient (Wildman–Crippen LogP) is 6.93. The van der Waals surface area contributed by atoms with Gasteiger partial charge < -0.3 is 9.55 Å². The average molecular weight is 358 g/mol. The molecule has 6 aromatic rings. The molecular formula is C26H18N2. The molecule has 0 saturated carbocycles. The van der Waals surface area contributed by atoms with Gasteiger partial charge in [-0.15, -0.1) is 0 Å². The lowest BCUT2D eigenvalue weighted by atomic mass is 9.99. The summed E-state index contributed by atoms with van der Waals surface area (Å²) < 4.78 is 2.40. The standard InChI is InChI=1S/C26H18N2/c1-3-9-18(10-4-1)22-17-19-15-16-27-25(19)24-21-13-7-8-14-23(21)28(26(22)24)20-11-5-2-6-12-20/h1-17,27H. The Morgan fingerprint density at radius 2 is 1.39 bits per heavy atom. The molecule has 0 aliphatic heterocycles. The zero-order valence-electron chi connectivity index (χ0n) is 15.3. The molecule has 132 valence electrons. The van der Waals surface area contributed by atoms with Crippen LogP contribution in [0.3, 0.4) is 0 Å². The van der Waals surface area contributed by atoms with Crippen molar-refractivity contribution < 1.29 is 0 Å². The van der Waals surface area contributed by atoms with Crippen LogP contribution in [0, 0.1) is 0 Å². The maximum absolute atomic E-state index is 3.48. The largest absolute Gasteiger partial charge is 0.361 e. The van der Waals surface area contributed by atoms with E-state index in [1.165, 1.54) is 49.5 Å². The van der Waals surface area contributed by atoms with Gasteiger partial charge >= 0.3 is 0 Å². The lowest BCUT2D eigenvalue weighted by Gasteiger charge is -2.12. The zero-order chi connectivity index (χ0) is 18.5. The SMILES string of the molecule is c1ccc(-c2cc3cc[nH]c3c3c4ccccc4n(-c4ccccc4)c23)cc1. The average Bonchev–Trinajstić information content (AvgIpc) is 3.36. The summed E-state index contributed by atoms with van der Waals surface area (Å²) in [5, 5.41) is 3.79. The Bertz CT molecular complexity index is 1440. The molecule has 2 aromatic heterocycles. The summed E-state index contributed by atoms with van der Waals surface area (Å²) in [7, 11) is 0. The normalized spacial score (nSPS) is 11.6. The number of H-pyrrole nitrogens is 1. The van der Waals surface area contributed by atoms with Crippen LogP contribution in [0.1, 0.15) is 0 Å². The lowest BCUT2D eigenvalue weighted by molar-refractivity contribution is 1.18. The molecule has 1 N–H and O–H groups in total. The maximum Gasteiger partial charge on any atom is 0.0640 e. The van der Waals surface area contributed by atoms with E-state index in [9.17, 15) is 0 Å². The van der Waals surface area contributed by atoms with Gasteiger partial charge in [-0.3, -0.25) is 0 Å². The molecule has 28 heavy (non-hydrogen) atoms. The van der Waals surface area contributed by atoms with E-state index in [0.29, 0.717) is 0 Å². The molecule has 4 aromatic carbocycles. The smallest absolute Gasteiger partial charge is 0.0640 e. The second kappa shape index (κ2) is 5.86. The van der Waals surface area contributed by atoms with E-state index < -0.39 is 0 Å². The Balaban J connectivity index is 1.92. The van der Waals surface area contributed by atoms with E-state index in [2.05, 4.69) is 107 Å². The number of nitrogens with one attached hydrogen (secondary N) is 1. The van der Waals surface area contributed by atoms with Gasteiger partial charge in [-0.05, 0) is 35.9 Å². The highest BCUT2D eigenvalue weighted by Crippen LogP contribution is 2.41. The molecule has 0 aliphatic carbocycles. The second-order valence-electron chi connectivity index (χ2n) is 7.14. The summed E-state index contributed by atoms with van der Waals surface area (Å²) in [6.07, 6.45) is 2.04. The fourth-order valence-corrected chi connectivity index (χ4v) is 4.37. The minimum Gasteiger partial charge on any atom is -0.361 e. The highest BCUT2D eigenvalue weighted by Gasteiger charge is 2.19. The van der Waals surface area contributed by atoms with Crippen LogP contribution in [0.15, 0.2) is 103 Å². The molecule has 0 unspecified atom stereocenters. The number of nitrogens with zero attached hydrogens (tertiary/aromatic N) is 1. The van der Waals surface area contributed by atoms with Gasteiger partial charge in [0.2, 0.25) is 0 Å². The van der Waals surface area contributed by atoms with Gasteiger partial charge in [0, 0.05) is 33.6 Å². The van der Waals surface area contributed by atoms with Gasteiger partial charge in [0.05, 0.1) is 16.6 Å². The van der Waals surface area contributed by atoms with Crippen molar-refractivity contribution in [3.63, 3.8) is 0 Å². The van der Waals surface area contributed by atoms with Crippen molar-refractivity contribution in [1.29, 1.82) is 0 Å². The first-order chi connectivity index (χ1) is 13.9. The van der Waals surface area contributed by atoms with E-state index in [0.717, 1.165) is 0 Å². The van der Waals surface area contributed by atoms with Crippen molar-refractivity contribution in [1.82, 2.24) is 9.55 Å². The van der Waals surface area contributed by atoms with Crippen molar-refractivity contribution in [3.8, 4) is 16.8 Å². The monoisotopic (exact) mass is 358 g/mol. The number of benzene rings is 4. The molecular weight excluding hydrogens is 340 g/mol.